The predicted octanol–water partition coefficient (Wildman–Crippen LogP) is 4.27. The molecule has 0 aliphatic carbocycles. The summed E-state index contributed by atoms with van der Waals surface area (Å²) in [7, 11) is 0. The number of hydrogen-bond donors (Lipinski definition) is 0. The summed E-state index contributed by atoms with van der Waals surface area (Å²) in [4.78, 5) is 0. The maximum absolute atomic E-state index is 11.7. The molecule has 0 radical (unpaired) electrons. The van der Waals surface area contributed by atoms with Crippen LogP contribution < -0.4 is 0 Å². The molecule has 0 aromatic carbocycles. The molecule has 0 aliphatic heterocycles. The molecule has 0 bridgehead atoms. The van der Waals surface area contributed by atoms with E-state index in [2.05, 4.69) is 17.7 Å². The maximum Gasteiger partial charge on any atom is 0.387 e. The minimum atomic E-state index is -2.71. The first-order valence-corrected chi connectivity index (χ1v) is 4.85. The SMILES string of the molecule is C/C=C(/CC)CC/C=C(\C)OC(F)F. The first kappa shape index (κ1) is 13.1. The van der Waals surface area contributed by atoms with Crippen molar-refractivity contribution in [2.45, 2.75) is 46.6 Å². The van der Waals surface area contributed by atoms with Crippen molar-refractivity contribution in [3.05, 3.63) is 23.5 Å². The van der Waals surface area contributed by atoms with Gasteiger partial charge in [0.1, 0.15) is 0 Å². The van der Waals surface area contributed by atoms with Gasteiger partial charge < -0.3 is 4.74 Å². The minimum absolute atomic E-state index is 0.298. The van der Waals surface area contributed by atoms with Crippen LogP contribution in [-0.4, -0.2) is 6.61 Å². The van der Waals surface area contributed by atoms with E-state index in [1.165, 1.54) is 5.57 Å². The van der Waals surface area contributed by atoms with E-state index < -0.39 is 6.61 Å². The monoisotopic (exact) mass is 204 g/mol. The van der Waals surface area contributed by atoms with E-state index in [9.17, 15) is 8.78 Å². The second-order valence-electron chi connectivity index (χ2n) is 3.03. The molecule has 0 heterocycles. The summed E-state index contributed by atoms with van der Waals surface area (Å²) < 4.78 is 27.7. The number of ether oxygens (including phenoxy) is 1. The van der Waals surface area contributed by atoms with Crippen molar-refractivity contribution in [2.75, 3.05) is 0 Å². The molecule has 0 amide bonds. The third kappa shape index (κ3) is 6.63. The lowest BCUT2D eigenvalue weighted by Crippen LogP contribution is -1.96. The molecule has 14 heavy (non-hydrogen) atoms. The summed E-state index contributed by atoms with van der Waals surface area (Å²) in [5.74, 6) is 0.298. The van der Waals surface area contributed by atoms with Crippen LogP contribution in [0.1, 0.15) is 40.0 Å². The van der Waals surface area contributed by atoms with Crippen LogP contribution >= 0.6 is 0 Å². The maximum atomic E-state index is 11.7. The van der Waals surface area contributed by atoms with Crippen LogP contribution in [0.3, 0.4) is 0 Å². The Labute approximate surface area is 84.5 Å². The lowest BCUT2D eigenvalue weighted by Gasteiger charge is -2.04. The number of alkyl halides is 2. The fraction of sp³-hybridized carbons (Fsp3) is 0.636. The Kier molecular flexibility index (Phi) is 7.07. The summed E-state index contributed by atoms with van der Waals surface area (Å²) in [5, 5.41) is 0. The second-order valence-corrected chi connectivity index (χ2v) is 3.03. The van der Waals surface area contributed by atoms with Gasteiger partial charge in [-0.2, -0.15) is 8.78 Å². The smallest absolute Gasteiger partial charge is 0.387 e. The zero-order chi connectivity index (χ0) is 11.0. The van der Waals surface area contributed by atoms with Crippen molar-refractivity contribution in [3.63, 3.8) is 0 Å². The van der Waals surface area contributed by atoms with E-state index in [-0.39, 0.29) is 0 Å². The number of hydrogen-bond acceptors (Lipinski definition) is 1. The fourth-order valence-corrected chi connectivity index (χ4v) is 1.17. The zero-order valence-corrected chi connectivity index (χ0v) is 9.02. The van der Waals surface area contributed by atoms with E-state index in [4.69, 9.17) is 0 Å². The van der Waals surface area contributed by atoms with Crippen LogP contribution in [0.15, 0.2) is 23.5 Å². The van der Waals surface area contributed by atoms with Gasteiger partial charge in [-0.05, 0) is 39.2 Å². The van der Waals surface area contributed by atoms with Crippen molar-refractivity contribution in [2.24, 2.45) is 0 Å². The Hall–Kier alpha value is -0.860. The summed E-state index contributed by atoms with van der Waals surface area (Å²) >= 11 is 0. The van der Waals surface area contributed by atoms with Gasteiger partial charge in [0.15, 0.2) is 0 Å². The molecule has 0 saturated heterocycles. The van der Waals surface area contributed by atoms with Crippen LogP contribution in [0.25, 0.3) is 0 Å². The van der Waals surface area contributed by atoms with E-state index in [0.29, 0.717) is 5.76 Å². The molecule has 0 atom stereocenters. The Bertz CT molecular complexity index is 207. The molecule has 0 unspecified atom stereocenters. The van der Waals surface area contributed by atoms with Crippen molar-refractivity contribution in [3.8, 4) is 0 Å². The molecule has 0 aliphatic rings. The van der Waals surface area contributed by atoms with Crippen LogP contribution in [0, 0.1) is 0 Å². The zero-order valence-electron chi connectivity index (χ0n) is 9.02. The fourth-order valence-electron chi connectivity index (χ4n) is 1.17. The molecule has 0 aromatic rings. The van der Waals surface area contributed by atoms with Gasteiger partial charge in [0.25, 0.3) is 0 Å². The van der Waals surface area contributed by atoms with Crippen LogP contribution in [0.2, 0.25) is 0 Å². The molecule has 0 N–H and O–H groups in total. The number of rotatable bonds is 6. The molecular formula is C11H18F2O. The van der Waals surface area contributed by atoms with Crippen molar-refractivity contribution in [1.29, 1.82) is 0 Å². The Morgan fingerprint density at radius 3 is 2.50 bits per heavy atom. The van der Waals surface area contributed by atoms with Crippen LogP contribution in [0.4, 0.5) is 8.78 Å². The second kappa shape index (κ2) is 7.54. The molecule has 82 valence electrons. The molecular weight excluding hydrogens is 186 g/mol. The van der Waals surface area contributed by atoms with Crippen molar-refractivity contribution in [1.82, 2.24) is 0 Å². The van der Waals surface area contributed by atoms with Crippen molar-refractivity contribution >= 4 is 0 Å². The summed E-state index contributed by atoms with van der Waals surface area (Å²) in [5.41, 5.74) is 1.34. The molecule has 1 nitrogen and oxygen atoms in total. The molecule has 0 aromatic heterocycles. The van der Waals surface area contributed by atoms with Gasteiger partial charge in [-0.25, -0.2) is 0 Å². The Morgan fingerprint density at radius 2 is 2.07 bits per heavy atom. The van der Waals surface area contributed by atoms with Gasteiger partial charge in [0.2, 0.25) is 0 Å². The highest BCUT2D eigenvalue weighted by Crippen LogP contribution is 2.12. The first-order chi connectivity index (χ1) is 6.60. The first-order valence-electron chi connectivity index (χ1n) is 4.85. The summed E-state index contributed by atoms with van der Waals surface area (Å²) in [6.45, 7) is 2.92. The molecule has 0 rings (SSSR count). The highest BCUT2D eigenvalue weighted by molar-refractivity contribution is 5.01. The molecule has 0 saturated carbocycles. The van der Waals surface area contributed by atoms with E-state index in [1.807, 2.05) is 6.92 Å². The quantitative estimate of drug-likeness (QED) is 0.464. The average molecular weight is 204 g/mol. The van der Waals surface area contributed by atoms with Gasteiger partial charge in [-0.3, -0.25) is 0 Å². The lowest BCUT2D eigenvalue weighted by molar-refractivity contribution is -0.0956. The largest absolute Gasteiger partial charge is 0.440 e. The van der Waals surface area contributed by atoms with Gasteiger partial charge >= 0.3 is 6.61 Å². The van der Waals surface area contributed by atoms with Crippen molar-refractivity contribution < 1.29 is 13.5 Å². The van der Waals surface area contributed by atoms with Gasteiger partial charge in [0, 0.05) is 0 Å². The topological polar surface area (TPSA) is 9.23 Å². The third-order valence-corrected chi connectivity index (χ3v) is 2.03. The predicted molar refractivity (Wildman–Crippen MR) is 54.1 cm³/mol. The van der Waals surface area contributed by atoms with Gasteiger partial charge in [-0.15, -0.1) is 0 Å². The molecule has 3 heteroatoms. The third-order valence-electron chi connectivity index (χ3n) is 2.03. The number of halogens is 2. The summed E-state index contributed by atoms with van der Waals surface area (Å²) in [6.07, 6.45) is 6.45. The van der Waals surface area contributed by atoms with E-state index >= 15 is 0 Å². The Balaban J connectivity index is 3.80. The summed E-state index contributed by atoms with van der Waals surface area (Å²) in [6, 6.07) is 0. The lowest BCUT2D eigenvalue weighted by atomic mass is 10.1. The highest BCUT2D eigenvalue weighted by Gasteiger charge is 2.01. The van der Waals surface area contributed by atoms with E-state index in [0.717, 1.165) is 19.3 Å². The average Bonchev–Trinajstić information content (AvgIpc) is 2.11. The normalized spacial score (nSPS) is 13.6. The van der Waals surface area contributed by atoms with Gasteiger partial charge in [-0.1, -0.05) is 18.6 Å². The van der Waals surface area contributed by atoms with Gasteiger partial charge in [0.05, 0.1) is 5.76 Å². The molecule has 0 spiro atoms. The van der Waals surface area contributed by atoms with Crippen LogP contribution in [-0.2, 0) is 4.74 Å². The van der Waals surface area contributed by atoms with E-state index in [1.54, 1.807) is 13.0 Å². The minimum Gasteiger partial charge on any atom is -0.440 e. The highest BCUT2D eigenvalue weighted by atomic mass is 19.3. The Morgan fingerprint density at radius 1 is 1.43 bits per heavy atom. The standard InChI is InChI=1S/C11H18F2O/c1-4-10(5-2)8-6-7-9(3)14-11(12)13/h4,7,11H,5-6,8H2,1-3H3/b9-7+,10-4-. The number of allylic oxidation sites excluding steroid dienone is 4. The van der Waals surface area contributed by atoms with Crippen LogP contribution in [0.5, 0.6) is 0 Å². The molecule has 0 fully saturated rings.